The van der Waals surface area contributed by atoms with Crippen LogP contribution in [0.15, 0.2) is 29.2 Å². The smallest absolute Gasteiger partial charge is 0.325 e. The highest BCUT2D eigenvalue weighted by molar-refractivity contribution is 7.92. The van der Waals surface area contributed by atoms with Crippen LogP contribution in [0.4, 0.5) is 5.69 Å². The molecule has 0 aliphatic heterocycles. The number of carbonyl (C=O) groups excluding carboxylic acids is 3. The molecular formula is C33H48N2O8S. The van der Waals surface area contributed by atoms with E-state index < -0.39 is 41.0 Å². The summed E-state index contributed by atoms with van der Waals surface area (Å²) >= 11 is 0. The van der Waals surface area contributed by atoms with Crippen molar-refractivity contribution < 1.29 is 37.4 Å². The van der Waals surface area contributed by atoms with Gasteiger partial charge in [-0.3, -0.25) is 19.1 Å². The second-order valence-corrected chi connectivity index (χ2v) is 13.6. The number of phenolic OH excluding ortho intramolecular Hbond substituents is 1. The number of amides is 1. The van der Waals surface area contributed by atoms with Crippen molar-refractivity contribution >= 4 is 33.6 Å². The van der Waals surface area contributed by atoms with E-state index in [0.29, 0.717) is 16.7 Å². The highest BCUT2D eigenvalue weighted by atomic mass is 32.2. The third-order valence-electron chi connectivity index (χ3n) is 7.13. The standard InChI is InChI=1S/C33H48N2O8S/c1-11-42-29(36)17-35(18-30(37)43-12-2)33(39)28-16-24(15-25(20(5)6)31(28)38)34-44(40,41)32-26(21(7)8)13-23(19(3)4)14-27(32)22(9)10/h13-16,19-22,34,38H,11-12,17-18H2,1-10H3. The molecule has 2 rings (SSSR count). The Bertz CT molecular complexity index is 1410. The van der Waals surface area contributed by atoms with Gasteiger partial charge >= 0.3 is 11.9 Å². The normalized spacial score (nSPS) is 11.8. The molecule has 44 heavy (non-hydrogen) atoms. The minimum absolute atomic E-state index is 0.0550. The molecule has 0 spiro atoms. The lowest BCUT2D eigenvalue weighted by Crippen LogP contribution is -2.40. The Morgan fingerprint density at radius 1 is 0.750 bits per heavy atom. The first kappa shape index (κ1) is 36.6. The summed E-state index contributed by atoms with van der Waals surface area (Å²) in [4.78, 5) is 39.5. The zero-order valence-corrected chi connectivity index (χ0v) is 28.4. The van der Waals surface area contributed by atoms with Crippen molar-refractivity contribution in [3.63, 3.8) is 0 Å². The first-order chi connectivity index (χ1) is 20.4. The molecule has 0 saturated carbocycles. The van der Waals surface area contributed by atoms with E-state index in [-0.39, 0.29) is 58.8 Å². The first-order valence-corrected chi connectivity index (χ1v) is 16.6. The molecule has 0 radical (unpaired) electrons. The van der Waals surface area contributed by atoms with Crippen LogP contribution >= 0.6 is 0 Å². The molecule has 0 heterocycles. The number of rotatable bonds is 14. The SMILES string of the molecule is CCOC(=O)CN(CC(=O)OCC)C(=O)c1cc(NS(=O)(=O)c2c(C(C)C)cc(C(C)C)cc2C(C)C)cc(C(C)C)c1O. The average Bonchev–Trinajstić information content (AvgIpc) is 2.92. The summed E-state index contributed by atoms with van der Waals surface area (Å²) in [6.07, 6.45) is 0. The fourth-order valence-electron chi connectivity index (χ4n) is 4.82. The van der Waals surface area contributed by atoms with Crippen LogP contribution in [0, 0.1) is 0 Å². The van der Waals surface area contributed by atoms with Gasteiger partial charge in [0, 0.05) is 0 Å². The summed E-state index contributed by atoms with van der Waals surface area (Å²) in [5, 5.41) is 11.2. The fourth-order valence-corrected chi connectivity index (χ4v) is 6.56. The van der Waals surface area contributed by atoms with Gasteiger partial charge in [-0.1, -0.05) is 67.5 Å². The number of aromatic hydroxyl groups is 1. The highest BCUT2D eigenvalue weighted by Gasteiger charge is 2.30. The number of benzene rings is 2. The lowest BCUT2D eigenvalue weighted by Gasteiger charge is -2.24. The minimum atomic E-state index is -4.18. The van der Waals surface area contributed by atoms with Crippen molar-refractivity contribution in [2.24, 2.45) is 0 Å². The molecular weight excluding hydrogens is 584 g/mol. The third-order valence-corrected chi connectivity index (χ3v) is 8.64. The molecule has 11 heteroatoms. The van der Waals surface area contributed by atoms with E-state index in [1.807, 2.05) is 39.8 Å². The van der Waals surface area contributed by atoms with Crippen molar-refractivity contribution in [3.05, 3.63) is 52.1 Å². The molecule has 0 saturated heterocycles. The Kier molecular flexibility index (Phi) is 12.8. The van der Waals surface area contributed by atoms with Crippen LogP contribution in [0.5, 0.6) is 5.75 Å². The average molecular weight is 633 g/mol. The lowest BCUT2D eigenvalue weighted by atomic mass is 9.89. The predicted octanol–water partition coefficient (Wildman–Crippen LogP) is 6.26. The van der Waals surface area contributed by atoms with Crippen LogP contribution in [0.2, 0.25) is 0 Å². The van der Waals surface area contributed by atoms with Crippen molar-refractivity contribution in [3.8, 4) is 5.75 Å². The van der Waals surface area contributed by atoms with Crippen molar-refractivity contribution in [1.29, 1.82) is 0 Å². The largest absolute Gasteiger partial charge is 0.507 e. The maximum absolute atomic E-state index is 14.2. The predicted molar refractivity (Wildman–Crippen MR) is 171 cm³/mol. The van der Waals surface area contributed by atoms with E-state index >= 15 is 0 Å². The maximum Gasteiger partial charge on any atom is 0.325 e. The van der Waals surface area contributed by atoms with Gasteiger partial charge in [0.1, 0.15) is 18.8 Å². The van der Waals surface area contributed by atoms with Crippen LogP contribution in [0.3, 0.4) is 0 Å². The zero-order chi connectivity index (χ0) is 33.5. The quantitative estimate of drug-likeness (QED) is 0.184. The van der Waals surface area contributed by atoms with Crippen LogP contribution < -0.4 is 4.72 Å². The fraction of sp³-hybridized carbons (Fsp3) is 0.545. The van der Waals surface area contributed by atoms with E-state index in [0.717, 1.165) is 10.5 Å². The number of ether oxygens (including phenoxy) is 2. The zero-order valence-electron chi connectivity index (χ0n) is 27.6. The number of esters is 2. The van der Waals surface area contributed by atoms with Gasteiger partial charge in [0.25, 0.3) is 15.9 Å². The van der Waals surface area contributed by atoms with Crippen molar-refractivity contribution in [2.75, 3.05) is 31.0 Å². The molecule has 0 aliphatic rings. The van der Waals surface area contributed by atoms with Crippen LogP contribution in [0.25, 0.3) is 0 Å². The number of sulfonamides is 1. The molecule has 0 fully saturated rings. The van der Waals surface area contributed by atoms with Gasteiger partial charge in [-0.2, -0.15) is 0 Å². The van der Waals surface area contributed by atoms with Gasteiger partial charge in [-0.05, 0) is 71.9 Å². The van der Waals surface area contributed by atoms with Crippen molar-refractivity contribution in [1.82, 2.24) is 4.90 Å². The van der Waals surface area contributed by atoms with Gasteiger partial charge in [0.15, 0.2) is 0 Å². The molecule has 2 aromatic rings. The van der Waals surface area contributed by atoms with Crippen LogP contribution in [0.1, 0.15) is 126 Å². The van der Waals surface area contributed by atoms with E-state index in [4.69, 9.17) is 9.47 Å². The minimum Gasteiger partial charge on any atom is -0.507 e. The molecule has 1 amide bonds. The van der Waals surface area contributed by atoms with E-state index in [1.165, 1.54) is 12.1 Å². The first-order valence-electron chi connectivity index (χ1n) is 15.1. The van der Waals surface area contributed by atoms with Gasteiger partial charge in [-0.15, -0.1) is 0 Å². The van der Waals surface area contributed by atoms with Crippen molar-refractivity contribution in [2.45, 2.75) is 97.8 Å². The van der Waals surface area contributed by atoms with E-state index in [1.54, 1.807) is 27.7 Å². The number of hydrogen-bond acceptors (Lipinski definition) is 8. The summed E-state index contributed by atoms with van der Waals surface area (Å²) in [5.41, 5.74) is 2.50. The van der Waals surface area contributed by atoms with Crippen LogP contribution in [-0.4, -0.2) is 62.6 Å². The lowest BCUT2D eigenvalue weighted by molar-refractivity contribution is -0.147. The number of nitrogens with zero attached hydrogens (tertiary/aromatic N) is 1. The van der Waals surface area contributed by atoms with Crippen LogP contribution in [-0.2, 0) is 29.1 Å². The number of phenols is 1. The Balaban J connectivity index is 2.74. The molecule has 0 atom stereocenters. The second-order valence-electron chi connectivity index (χ2n) is 12.0. The van der Waals surface area contributed by atoms with E-state index in [2.05, 4.69) is 18.6 Å². The topological polar surface area (TPSA) is 139 Å². The van der Waals surface area contributed by atoms with Gasteiger partial charge < -0.3 is 19.5 Å². The summed E-state index contributed by atoms with van der Waals surface area (Å²) in [6.45, 7) is 17.7. The van der Waals surface area contributed by atoms with Gasteiger partial charge in [0.05, 0.1) is 29.4 Å². The Labute approximate surface area is 262 Å². The summed E-state index contributed by atoms with van der Waals surface area (Å²) in [6, 6.07) is 6.58. The summed E-state index contributed by atoms with van der Waals surface area (Å²) in [5.74, 6) is -3.05. The Morgan fingerprint density at radius 2 is 1.20 bits per heavy atom. The van der Waals surface area contributed by atoms with E-state index in [9.17, 15) is 27.9 Å². The highest BCUT2D eigenvalue weighted by Crippen LogP contribution is 2.38. The second kappa shape index (κ2) is 15.4. The number of carbonyl (C=O) groups is 3. The summed E-state index contributed by atoms with van der Waals surface area (Å²) in [7, 11) is -4.18. The molecule has 2 N–H and O–H groups in total. The van der Waals surface area contributed by atoms with Gasteiger partial charge in [0.2, 0.25) is 0 Å². The maximum atomic E-state index is 14.2. The molecule has 0 aromatic heterocycles. The Hall–Kier alpha value is -3.60. The van der Waals surface area contributed by atoms with Gasteiger partial charge in [-0.25, -0.2) is 8.42 Å². The molecule has 0 bridgehead atoms. The Morgan fingerprint density at radius 3 is 1.59 bits per heavy atom. The molecule has 2 aromatic carbocycles. The molecule has 0 aliphatic carbocycles. The monoisotopic (exact) mass is 632 g/mol. The summed E-state index contributed by atoms with van der Waals surface area (Å²) < 4.78 is 40.9. The number of anilines is 1. The number of hydrogen-bond donors (Lipinski definition) is 2. The molecule has 244 valence electrons. The molecule has 0 unspecified atom stereocenters. The molecule has 10 nitrogen and oxygen atoms in total. The third kappa shape index (κ3) is 8.97. The number of nitrogens with one attached hydrogen (secondary N) is 1.